The minimum Gasteiger partial charge on any atom is -0.494 e. The van der Waals surface area contributed by atoms with E-state index in [0.29, 0.717) is 47.4 Å². The average Bonchev–Trinajstić information content (AvgIpc) is 2.98. The molecule has 0 saturated carbocycles. The number of carbonyl (C=O) groups excluding carboxylic acids is 3. The number of hydrogen-bond donors (Lipinski definition) is 1. The summed E-state index contributed by atoms with van der Waals surface area (Å²) in [6, 6.07) is 26.6. The molecule has 7 nitrogen and oxygen atoms in total. The smallest absolute Gasteiger partial charge is 0.335 e. The molecule has 0 radical (unpaired) electrons. The Kier molecular flexibility index (Phi) is 9.05. The van der Waals surface area contributed by atoms with E-state index in [9.17, 15) is 14.4 Å². The Labute approximate surface area is 256 Å². The summed E-state index contributed by atoms with van der Waals surface area (Å²) < 4.78 is 12.6. The van der Waals surface area contributed by atoms with Gasteiger partial charge in [0.15, 0.2) is 0 Å². The predicted molar refractivity (Wildman–Crippen MR) is 166 cm³/mol. The molecular weight excluding hydrogens is 620 g/mol. The first-order chi connectivity index (χ1) is 20.3. The summed E-state index contributed by atoms with van der Waals surface area (Å²) in [5.41, 5.74) is 3.37. The van der Waals surface area contributed by atoms with Gasteiger partial charge in [0, 0.05) is 21.5 Å². The zero-order valence-corrected chi connectivity index (χ0v) is 24.9. The molecular formula is C33H26BrClN2O5. The zero-order valence-electron chi connectivity index (χ0n) is 22.6. The second-order valence-corrected chi connectivity index (χ2v) is 10.7. The summed E-state index contributed by atoms with van der Waals surface area (Å²) >= 11 is 10.3. The highest BCUT2D eigenvalue weighted by atomic mass is 79.9. The van der Waals surface area contributed by atoms with Crippen LogP contribution in [-0.4, -0.2) is 24.5 Å². The molecule has 4 aromatic rings. The summed E-state index contributed by atoms with van der Waals surface area (Å²) in [4.78, 5) is 39.9. The van der Waals surface area contributed by atoms with Crippen LogP contribution in [0.3, 0.4) is 0 Å². The average molecular weight is 646 g/mol. The molecule has 0 spiro atoms. The van der Waals surface area contributed by atoms with Gasteiger partial charge >= 0.3 is 6.03 Å². The van der Waals surface area contributed by atoms with Crippen molar-refractivity contribution in [2.45, 2.75) is 20.0 Å². The second kappa shape index (κ2) is 13.1. The number of rotatable bonds is 9. The quantitative estimate of drug-likeness (QED) is 0.152. The molecule has 1 aliphatic rings. The monoisotopic (exact) mass is 644 g/mol. The Morgan fingerprint density at radius 2 is 1.62 bits per heavy atom. The van der Waals surface area contributed by atoms with Gasteiger partial charge in [0.05, 0.1) is 12.3 Å². The first-order valence-electron chi connectivity index (χ1n) is 13.2. The maximum atomic E-state index is 13.5. The van der Waals surface area contributed by atoms with Crippen LogP contribution in [0.5, 0.6) is 11.5 Å². The van der Waals surface area contributed by atoms with Gasteiger partial charge in [-0.3, -0.25) is 14.9 Å². The predicted octanol–water partition coefficient (Wildman–Crippen LogP) is 7.34. The van der Waals surface area contributed by atoms with Gasteiger partial charge in [-0.2, -0.15) is 0 Å². The molecule has 1 heterocycles. The largest absolute Gasteiger partial charge is 0.494 e. The molecule has 1 aliphatic heterocycles. The number of carbonyl (C=O) groups is 3. The number of imide groups is 2. The van der Waals surface area contributed by atoms with Crippen molar-refractivity contribution in [2.24, 2.45) is 0 Å². The third-order valence-electron chi connectivity index (χ3n) is 6.56. The standard InChI is InChI=1S/C33H26BrClN2O5/c1-2-41-30-18-22(17-29(35)26(30)19-23-10-6-7-11-28(23)34)16-27-31(38)36-33(40)37(32(27)39)24-12-14-25(15-13-24)42-20-21-8-4-3-5-9-21/h3-18H,2,19-20H2,1H3,(H,36,38,40)/b27-16+. The van der Waals surface area contributed by atoms with Gasteiger partial charge in [0.1, 0.15) is 23.7 Å². The molecule has 4 amide bonds. The van der Waals surface area contributed by atoms with E-state index >= 15 is 0 Å². The Balaban J connectivity index is 1.40. The van der Waals surface area contributed by atoms with Crippen LogP contribution in [0.4, 0.5) is 10.5 Å². The summed E-state index contributed by atoms with van der Waals surface area (Å²) in [5.74, 6) is -0.446. The van der Waals surface area contributed by atoms with Crippen molar-refractivity contribution in [1.82, 2.24) is 5.32 Å². The van der Waals surface area contributed by atoms with Gasteiger partial charge in [-0.25, -0.2) is 9.69 Å². The summed E-state index contributed by atoms with van der Waals surface area (Å²) in [6.45, 7) is 2.63. The van der Waals surface area contributed by atoms with E-state index in [4.69, 9.17) is 21.1 Å². The third-order valence-corrected chi connectivity index (χ3v) is 7.67. The molecule has 4 aromatic carbocycles. The van der Waals surface area contributed by atoms with Crippen LogP contribution in [0.2, 0.25) is 5.02 Å². The topological polar surface area (TPSA) is 84.9 Å². The molecule has 212 valence electrons. The number of anilines is 1. The van der Waals surface area contributed by atoms with Crippen LogP contribution in [0.1, 0.15) is 29.2 Å². The number of nitrogens with zero attached hydrogens (tertiary/aromatic N) is 1. The number of nitrogens with one attached hydrogen (secondary N) is 1. The van der Waals surface area contributed by atoms with Gasteiger partial charge in [-0.15, -0.1) is 0 Å². The molecule has 0 unspecified atom stereocenters. The second-order valence-electron chi connectivity index (χ2n) is 9.41. The minimum absolute atomic E-state index is 0.212. The molecule has 1 N–H and O–H groups in total. The molecule has 0 atom stereocenters. The van der Waals surface area contributed by atoms with E-state index in [1.165, 1.54) is 6.08 Å². The Morgan fingerprint density at radius 3 is 2.33 bits per heavy atom. The number of halogens is 2. The van der Waals surface area contributed by atoms with E-state index in [2.05, 4.69) is 21.2 Å². The SMILES string of the molecule is CCOc1cc(/C=C2\C(=O)NC(=O)N(c3ccc(OCc4ccccc4)cc3)C2=O)cc(Cl)c1Cc1ccccc1Br. The van der Waals surface area contributed by atoms with E-state index in [0.717, 1.165) is 26.1 Å². The minimum atomic E-state index is -0.836. The van der Waals surface area contributed by atoms with E-state index in [1.807, 2.05) is 61.5 Å². The van der Waals surface area contributed by atoms with Crippen molar-refractivity contribution < 1.29 is 23.9 Å². The Morgan fingerprint density at radius 1 is 0.905 bits per heavy atom. The van der Waals surface area contributed by atoms with Crippen molar-refractivity contribution in [3.05, 3.63) is 128 Å². The zero-order chi connectivity index (χ0) is 29.6. The number of benzene rings is 4. The lowest BCUT2D eigenvalue weighted by Gasteiger charge is -2.26. The van der Waals surface area contributed by atoms with Crippen molar-refractivity contribution in [1.29, 1.82) is 0 Å². The van der Waals surface area contributed by atoms with Gasteiger partial charge in [0.2, 0.25) is 0 Å². The van der Waals surface area contributed by atoms with Gasteiger partial charge < -0.3 is 9.47 Å². The first-order valence-corrected chi connectivity index (χ1v) is 14.4. The lowest BCUT2D eigenvalue weighted by atomic mass is 10.00. The van der Waals surface area contributed by atoms with E-state index in [1.54, 1.807) is 36.4 Å². The summed E-state index contributed by atoms with van der Waals surface area (Å²) in [6.07, 6.45) is 1.92. The normalized spacial score (nSPS) is 14.2. The maximum absolute atomic E-state index is 13.5. The number of amides is 4. The van der Waals surface area contributed by atoms with Crippen molar-refractivity contribution >= 4 is 57.1 Å². The highest BCUT2D eigenvalue weighted by molar-refractivity contribution is 9.10. The highest BCUT2D eigenvalue weighted by Crippen LogP contribution is 2.34. The number of ether oxygens (including phenoxy) is 2. The fourth-order valence-corrected chi connectivity index (χ4v) is 5.20. The van der Waals surface area contributed by atoms with Crippen LogP contribution in [0.25, 0.3) is 6.08 Å². The van der Waals surface area contributed by atoms with Gasteiger partial charge in [0.25, 0.3) is 11.8 Å². The molecule has 0 bridgehead atoms. The fraction of sp³-hybridized carbons (Fsp3) is 0.121. The Hall–Kier alpha value is -4.40. The molecule has 9 heteroatoms. The molecule has 0 aliphatic carbocycles. The fourth-order valence-electron chi connectivity index (χ4n) is 4.49. The molecule has 42 heavy (non-hydrogen) atoms. The van der Waals surface area contributed by atoms with Gasteiger partial charge in [-0.05, 0) is 72.2 Å². The lowest BCUT2D eigenvalue weighted by molar-refractivity contribution is -0.122. The highest BCUT2D eigenvalue weighted by Gasteiger charge is 2.37. The van der Waals surface area contributed by atoms with Crippen LogP contribution in [0.15, 0.2) is 101 Å². The van der Waals surface area contributed by atoms with E-state index in [-0.39, 0.29) is 5.57 Å². The molecule has 1 saturated heterocycles. The summed E-state index contributed by atoms with van der Waals surface area (Å²) in [5, 5.41) is 2.68. The Bertz CT molecular complexity index is 1670. The van der Waals surface area contributed by atoms with Crippen molar-refractivity contribution in [2.75, 3.05) is 11.5 Å². The van der Waals surface area contributed by atoms with Crippen LogP contribution in [-0.2, 0) is 22.6 Å². The van der Waals surface area contributed by atoms with Crippen LogP contribution < -0.4 is 19.7 Å². The number of urea groups is 1. The van der Waals surface area contributed by atoms with Crippen LogP contribution in [0, 0.1) is 0 Å². The van der Waals surface area contributed by atoms with Crippen molar-refractivity contribution in [3.8, 4) is 11.5 Å². The third kappa shape index (κ3) is 6.56. The summed E-state index contributed by atoms with van der Waals surface area (Å²) in [7, 11) is 0. The van der Waals surface area contributed by atoms with Crippen LogP contribution >= 0.6 is 27.5 Å². The van der Waals surface area contributed by atoms with Gasteiger partial charge in [-0.1, -0.05) is 76.1 Å². The van der Waals surface area contributed by atoms with Crippen molar-refractivity contribution in [3.63, 3.8) is 0 Å². The lowest BCUT2D eigenvalue weighted by Crippen LogP contribution is -2.54. The molecule has 5 rings (SSSR count). The first kappa shape index (κ1) is 29.1. The van der Waals surface area contributed by atoms with E-state index < -0.39 is 17.8 Å². The molecule has 1 fully saturated rings. The maximum Gasteiger partial charge on any atom is 0.335 e. The molecule has 0 aromatic heterocycles. The number of barbiturate groups is 1. The number of hydrogen-bond acceptors (Lipinski definition) is 5.